The van der Waals surface area contributed by atoms with E-state index in [1.165, 1.54) is 5.56 Å². The number of hydrogen-bond donors (Lipinski definition) is 1. The standard InChI is InChI=1S/C17H20N4/c1-13(2)21(11-14-3-5-16(19)6-4-14)12-15-7-8-20-17(9-15)10-18/h3-9,13H,11-12,19H2,1-2H3. The van der Waals surface area contributed by atoms with Crippen LogP contribution in [-0.4, -0.2) is 15.9 Å². The van der Waals surface area contributed by atoms with Crippen molar-refractivity contribution in [3.63, 3.8) is 0 Å². The summed E-state index contributed by atoms with van der Waals surface area (Å²) >= 11 is 0. The lowest BCUT2D eigenvalue weighted by Crippen LogP contribution is -2.29. The summed E-state index contributed by atoms with van der Waals surface area (Å²) < 4.78 is 0. The number of pyridine rings is 1. The van der Waals surface area contributed by atoms with Gasteiger partial charge in [-0.15, -0.1) is 0 Å². The topological polar surface area (TPSA) is 65.9 Å². The van der Waals surface area contributed by atoms with Crippen LogP contribution in [0.2, 0.25) is 0 Å². The van der Waals surface area contributed by atoms with Gasteiger partial charge in [0.1, 0.15) is 11.8 Å². The maximum atomic E-state index is 8.93. The zero-order valence-corrected chi connectivity index (χ0v) is 12.5. The molecule has 0 amide bonds. The zero-order chi connectivity index (χ0) is 15.2. The predicted octanol–water partition coefficient (Wildman–Crippen LogP) is 2.95. The fourth-order valence-electron chi connectivity index (χ4n) is 2.15. The number of nitrogens with zero attached hydrogens (tertiary/aromatic N) is 3. The van der Waals surface area contributed by atoms with Crippen LogP contribution in [-0.2, 0) is 13.1 Å². The van der Waals surface area contributed by atoms with E-state index in [1.807, 2.05) is 24.3 Å². The van der Waals surface area contributed by atoms with Gasteiger partial charge in [0, 0.05) is 31.0 Å². The first kappa shape index (κ1) is 15.0. The monoisotopic (exact) mass is 280 g/mol. The van der Waals surface area contributed by atoms with Crippen molar-refractivity contribution in [2.45, 2.75) is 33.0 Å². The highest BCUT2D eigenvalue weighted by molar-refractivity contribution is 5.39. The minimum atomic E-state index is 0.404. The Morgan fingerprint density at radius 2 is 1.81 bits per heavy atom. The molecule has 2 rings (SSSR count). The second-order valence-corrected chi connectivity index (χ2v) is 5.40. The van der Waals surface area contributed by atoms with Crippen molar-refractivity contribution in [2.24, 2.45) is 0 Å². The van der Waals surface area contributed by atoms with E-state index in [9.17, 15) is 0 Å². The molecule has 108 valence electrons. The third kappa shape index (κ3) is 4.30. The Hall–Kier alpha value is -2.38. The molecular weight excluding hydrogens is 260 g/mol. The van der Waals surface area contributed by atoms with Gasteiger partial charge < -0.3 is 5.73 Å². The van der Waals surface area contributed by atoms with E-state index in [4.69, 9.17) is 11.0 Å². The number of aromatic nitrogens is 1. The molecule has 1 heterocycles. The highest BCUT2D eigenvalue weighted by atomic mass is 15.1. The van der Waals surface area contributed by atoms with Crippen molar-refractivity contribution in [1.82, 2.24) is 9.88 Å². The number of anilines is 1. The van der Waals surface area contributed by atoms with Crippen LogP contribution in [0.15, 0.2) is 42.6 Å². The minimum absolute atomic E-state index is 0.404. The van der Waals surface area contributed by atoms with Crippen molar-refractivity contribution in [3.8, 4) is 6.07 Å². The maximum Gasteiger partial charge on any atom is 0.140 e. The Bertz CT molecular complexity index is 626. The molecule has 0 spiro atoms. The van der Waals surface area contributed by atoms with Gasteiger partial charge in [0.05, 0.1) is 0 Å². The van der Waals surface area contributed by atoms with Crippen LogP contribution in [0.3, 0.4) is 0 Å². The molecule has 2 N–H and O–H groups in total. The van der Waals surface area contributed by atoms with Crippen molar-refractivity contribution in [1.29, 1.82) is 5.26 Å². The minimum Gasteiger partial charge on any atom is -0.399 e. The molecule has 4 nitrogen and oxygen atoms in total. The first-order valence-corrected chi connectivity index (χ1v) is 7.02. The quantitative estimate of drug-likeness (QED) is 0.855. The van der Waals surface area contributed by atoms with Crippen molar-refractivity contribution >= 4 is 5.69 Å². The summed E-state index contributed by atoms with van der Waals surface area (Å²) in [6, 6.07) is 14.2. The van der Waals surface area contributed by atoms with Crippen molar-refractivity contribution in [2.75, 3.05) is 5.73 Å². The van der Waals surface area contributed by atoms with E-state index in [2.05, 4.69) is 41.9 Å². The van der Waals surface area contributed by atoms with Crippen LogP contribution in [0.5, 0.6) is 0 Å². The lowest BCUT2D eigenvalue weighted by Gasteiger charge is -2.26. The van der Waals surface area contributed by atoms with Crippen LogP contribution in [0.25, 0.3) is 0 Å². The van der Waals surface area contributed by atoms with Crippen LogP contribution >= 0.6 is 0 Å². The van der Waals surface area contributed by atoms with E-state index < -0.39 is 0 Å². The van der Waals surface area contributed by atoms with Crippen LogP contribution in [0.1, 0.15) is 30.7 Å². The van der Waals surface area contributed by atoms with E-state index >= 15 is 0 Å². The smallest absolute Gasteiger partial charge is 0.140 e. The Morgan fingerprint density at radius 1 is 1.14 bits per heavy atom. The lowest BCUT2D eigenvalue weighted by atomic mass is 10.1. The molecule has 0 aliphatic carbocycles. The molecule has 1 aromatic heterocycles. The van der Waals surface area contributed by atoms with Gasteiger partial charge in [-0.2, -0.15) is 5.26 Å². The average molecular weight is 280 g/mol. The first-order chi connectivity index (χ1) is 10.1. The van der Waals surface area contributed by atoms with Gasteiger partial charge in [-0.25, -0.2) is 4.98 Å². The molecule has 1 aromatic carbocycles. The summed E-state index contributed by atoms with van der Waals surface area (Å²) in [5, 5.41) is 8.93. The third-order valence-corrected chi connectivity index (χ3v) is 3.42. The van der Waals surface area contributed by atoms with Gasteiger partial charge >= 0.3 is 0 Å². The summed E-state index contributed by atoms with van der Waals surface area (Å²) in [6.07, 6.45) is 1.69. The van der Waals surface area contributed by atoms with Gasteiger partial charge in [-0.3, -0.25) is 4.90 Å². The molecule has 0 bridgehead atoms. The van der Waals surface area contributed by atoms with Gasteiger partial charge in [-0.05, 0) is 49.2 Å². The molecule has 0 radical (unpaired) electrons. The Kier molecular flexibility index (Phi) is 4.91. The number of benzene rings is 1. The molecule has 0 saturated carbocycles. The fraction of sp³-hybridized carbons (Fsp3) is 0.294. The number of nitrogens with two attached hydrogens (primary N) is 1. The van der Waals surface area contributed by atoms with E-state index in [0.29, 0.717) is 11.7 Å². The van der Waals surface area contributed by atoms with Crippen LogP contribution in [0, 0.1) is 11.3 Å². The SMILES string of the molecule is CC(C)N(Cc1ccc(N)cc1)Cc1ccnc(C#N)c1. The fourth-order valence-corrected chi connectivity index (χ4v) is 2.15. The highest BCUT2D eigenvalue weighted by Crippen LogP contribution is 2.14. The largest absolute Gasteiger partial charge is 0.399 e. The van der Waals surface area contributed by atoms with Gasteiger partial charge in [-0.1, -0.05) is 12.1 Å². The third-order valence-electron chi connectivity index (χ3n) is 3.42. The number of rotatable bonds is 5. The molecule has 0 fully saturated rings. The predicted molar refractivity (Wildman–Crippen MR) is 84.2 cm³/mol. The van der Waals surface area contributed by atoms with Gasteiger partial charge in [0.15, 0.2) is 0 Å². The van der Waals surface area contributed by atoms with Crippen LogP contribution < -0.4 is 5.73 Å². The summed E-state index contributed by atoms with van der Waals surface area (Å²) in [7, 11) is 0. The number of nitrogen functional groups attached to an aromatic ring is 1. The van der Waals surface area contributed by atoms with Gasteiger partial charge in [0.25, 0.3) is 0 Å². The highest BCUT2D eigenvalue weighted by Gasteiger charge is 2.11. The molecule has 2 aromatic rings. The summed E-state index contributed by atoms with van der Waals surface area (Å²) in [5.74, 6) is 0. The molecule has 0 saturated heterocycles. The second kappa shape index (κ2) is 6.87. The normalized spacial score (nSPS) is 10.8. The molecule has 0 atom stereocenters. The molecular formula is C17H20N4. The maximum absolute atomic E-state index is 8.93. The molecule has 4 heteroatoms. The summed E-state index contributed by atoms with van der Waals surface area (Å²) in [5.41, 5.74) is 9.30. The molecule has 0 unspecified atom stereocenters. The van der Waals surface area contributed by atoms with E-state index in [0.717, 1.165) is 24.3 Å². The molecule has 21 heavy (non-hydrogen) atoms. The Morgan fingerprint density at radius 3 is 2.43 bits per heavy atom. The van der Waals surface area contributed by atoms with Crippen LogP contribution in [0.4, 0.5) is 5.69 Å². The zero-order valence-electron chi connectivity index (χ0n) is 12.5. The number of hydrogen-bond acceptors (Lipinski definition) is 4. The Balaban J connectivity index is 2.12. The summed E-state index contributed by atoms with van der Waals surface area (Å²) in [4.78, 5) is 6.36. The average Bonchev–Trinajstić information content (AvgIpc) is 2.49. The second-order valence-electron chi connectivity index (χ2n) is 5.40. The molecule has 0 aliphatic rings. The van der Waals surface area contributed by atoms with Crippen molar-refractivity contribution < 1.29 is 0 Å². The number of nitriles is 1. The van der Waals surface area contributed by atoms with Crippen molar-refractivity contribution in [3.05, 3.63) is 59.4 Å². The lowest BCUT2D eigenvalue weighted by molar-refractivity contribution is 0.203. The first-order valence-electron chi connectivity index (χ1n) is 7.02. The Labute approximate surface area is 125 Å². The summed E-state index contributed by atoms with van der Waals surface area (Å²) in [6.45, 7) is 5.98. The van der Waals surface area contributed by atoms with E-state index in [-0.39, 0.29) is 0 Å². The molecule has 0 aliphatic heterocycles. The van der Waals surface area contributed by atoms with Gasteiger partial charge in [0.2, 0.25) is 0 Å². The van der Waals surface area contributed by atoms with E-state index in [1.54, 1.807) is 6.20 Å².